The number of rotatable bonds is 5. The molecule has 0 aromatic carbocycles. The molecule has 0 spiro atoms. The van der Waals surface area contributed by atoms with E-state index in [2.05, 4.69) is 58.8 Å². The number of pyridine rings is 1. The van der Waals surface area contributed by atoms with E-state index in [1.54, 1.807) is 12.4 Å². The maximum atomic E-state index is 3.82. The molecule has 21 heavy (non-hydrogen) atoms. The van der Waals surface area contributed by atoms with E-state index in [1.165, 1.54) is 38.9 Å². The smallest absolute Gasteiger partial charge is 0.0323 e. The van der Waals surface area contributed by atoms with Crippen molar-refractivity contribution in [1.29, 1.82) is 0 Å². The van der Waals surface area contributed by atoms with E-state index in [0.717, 1.165) is 10.5 Å². The first-order chi connectivity index (χ1) is 9.93. The van der Waals surface area contributed by atoms with Crippen molar-refractivity contribution >= 4 is 15.9 Å². The monoisotopic (exact) mass is 355 g/mol. The van der Waals surface area contributed by atoms with Gasteiger partial charge in [-0.25, -0.2) is 0 Å². The van der Waals surface area contributed by atoms with Crippen LogP contribution in [0, 0.1) is 0 Å². The first-order valence-corrected chi connectivity index (χ1v) is 8.76. The predicted molar refractivity (Wildman–Crippen MR) is 94.6 cm³/mol. The Kier molecular flexibility index (Phi) is 8.45. The zero-order valence-electron chi connectivity index (χ0n) is 13.9. The molecule has 120 valence electrons. The summed E-state index contributed by atoms with van der Waals surface area (Å²) in [6, 6.07) is 4.53. The van der Waals surface area contributed by atoms with Gasteiger partial charge in [0.15, 0.2) is 0 Å². The number of halogens is 1. The van der Waals surface area contributed by atoms with Crippen molar-refractivity contribution in [3.8, 4) is 0 Å². The van der Waals surface area contributed by atoms with Crippen LogP contribution < -0.4 is 5.32 Å². The van der Waals surface area contributed by atoms with Crippen molar-refractivity contribution in [3.63, 3.8) is 0 Å². The lowest BCUT2D eigenvalue weighted by atomic mass is 9.97. The molecule has 1 fully saturated rings. The highest BCUT2D eigenvalue weighted by Gasteiger charge is 2.33. The average Bonchev–Trinajstić information content (AvgIpc) is 2.36. The normalized spacial score (nSPS) is 16.0. The van der Waals surface area contributed by atoms with E-state index in [4.69, 9.17) is 0 Å². The second kappa shape index (κ2) is 9.54. The van der Waals surface area contributed by atoms with Crippen LogP contribution in [0.15, 0.2) is 29.0 Å². The summed E-state index contributed by atoms with van der Waals surface area (Å²) in [7, 11) is 0. The standard InChI is InChI=1S/C12H26N2.C5H4BrN/c1-5-6-7-8-13-11-9-14(10-11)12(2,3)4;6-5-1-3-7-4-2-5/h11,13H,5-10H2,1-4H3;1-4H. The van der Waals surface area contributed by atoms with Crippen LogP contribution in [-0.4, -0.2) is 41.1 Å². The maximum Gasteiger partial charge on any atom is 0.0323 e. The highest BCUT2D eigenvalue weighted by atomic mass is 79.9. The Morgan fingerprint density at radius 3 is 2.29 bits per heavy atom. The van der Waals surface area contributed by atoms with Gasteiger partial charge in [0, 0.05) is 41.5 Å². The molecule has 0 bridgehead atoms. The van der Waals surface area contributed by atoms with E-state index < -0.39 is 0 Å². The summed E-state index contributed by atoms with van der Waals surface area (Å²) >= 11 is 3.27. The molecule has 2 heterocycles. The first-order valence-electron chi connectivity index (χ1n) is 7.97. The summed E-state index contributed by atoms with van der Waals surface area (Å²) in [5.41, 5.74) is 0.363. The van der Waals surface area contributed by atoms with Crippen molar-refractivity contribution in [2.24, 2.45) is 0 Å². The summed E-state index contributed by atoms with van der Waals surface area (Å²) in [6.07, 6.45) is 7.50. The van der Waals surface area contributed by atoms with Crippen molar-refractivity contribution in [2.45, 2.75) is 58.5 Å². The number of hydrogen-bond donors (Lipinski definition) is 1. The highest BCUT2D eigenvalue weighted by molar-refractivity contribution is 9.10. The minimum absolute atomic E-state index is 0.363. The number of likely N-dealkylation sites (tertiary alicyclic amines) is 1. The second-order valence-corrected chi connectivity index (χ2v) is 7.52. The molecule has 2 rings (SSSR count). The largest absolute Gasteiger partial charge is 0.311 e. The van der Waals surface area contributed by atoms with Crippen LogP contribution in [0.4, 0.5) is 0 Å². The molecule has 0 amide bonds. The average molecular weight is 356 g/mol. The van der Waals surface area contributed by atoms with E-state index in [1.807, 2.05) is 12.1 Å². The Morgan fingerprint density at radius 1 is 1.24 bits per heavy atom. The SMILES string of the molecule is Brc1ccncc1.CCCCCNC1CN(C(C)(C)C)C1. The van der Waals surface area contributed by atoms with Crippen molar-refractivity contribution < 1.29 is 0 Å². The van der Waals surface area contributed by atoms with Crippen molar-refractivity contribution in [2.75, 3.05) is 19.6 Å². The van der Waals surface area contributed by atoms with Crippen LogP contribution in [0.2, 0.25) is 0 Å². The van der Waals surface area contributed by atoms with Gasteiger partial charge >= 0.3 is 0 Å². The lowest BCUT2D eigenvalue weighted by Gasteiger charge is -2.48. The van der Waals surface area contributed by atoms with Gasteiger partial charge in [0.25, 0.3) is 0 Å². The zero-order chi connectivity index (χ0) is 15.7. The molecule has 1 aliphatic heterocycles. The van der Waals surface area contributed by atoms with Gasteiger partial charge in [0.05, 0.1) is 0 Å². The molecule has 0 saturated carbocycles. The molecule has 0 radical (unpaired) electrons. The Labute approximate surface area is 138 Å². The Morgan fingerprint density at radius 2 is 1.86 bits per heavy atom. The first kappa shape index (κ1) is 18.6. The van der Waals surface area contributed by atoms with E-state index in [9.17, 15) is 0 Å². The molecule has 1 N–H and O–H groups in total. The molecule has 0 atom stereocenters. The lowest BCUT2D eigenvalue weighted by Crippen LogP contribution is -2.63. The number of nitrogens with one attached hydrogen (secondary N) is 1. The van der Waals surface area contributed by atoms with Gasteiger partial charge in [0.1, 0.15) is 0 Å². The molecule has 1 aliphatic rings. The quantitative estimate of drug-likeness (QED) is 0.806. The summed E-state index contributed by atoms with van der Waals surface area (Å²) < 4.78 is 1.07. The molecule has 1 aromatic heterocycles. The minimum atomic E-state index is 0.363. The predicted octanol–water partition coefficient (Wildman–Crippen LogP) is 4.09. The van der Waals surface area contributed by atoms with E-state index in [0.29, 0.717) is 5.54 Å². The maximum absolute atomic E-state index is 3.82. The Balaban J connectivity index is 0.000000262. The third-order valence-corrected chi connectivity index (χ3v) is 4.21. The molecule has 0 aliphatic carbocycles. The lowest BCUT2D eigenvalue weighted by molar-refractivity contribution is 0.0351. The van der Waals surface area contributed by atoms with E-state index >= 15 is 0 Å². The van der Waals surface area contributed by atoms with Crippen LogP contribution in [0.5, 0.6) is 0 Å². The minimum Gasteiger partial charge on any atom is -0.311 e. The van der Waals surface area contributed by atoms with Crippen LogP contribution in [0.3, 0.4) is 0 Å². The van der Waals surface area contributed by atoms with Gasteiger partial charge in [-0.05, 0) is 45.9 Å². The summed E-state index contributed by atoms with van der Waals surface area (Å²) in [6.45, 7) is 12.8. The van der Waals surface area contributed by atoms with Crippen LogP contribution in [0.25, 0.3) is 0 Å². The van der Waals surface area contributed by atoms with Gasteiger partial charge in [0.2, 0.25) is 0 Å². The summed E-state index contributed by atoms with van der Waals surface area (Å²) in [5, 5.41) is 3.61. The zero-order valence-corrected chi connectivity index (χ0v) is 15.5. The molecular formula is C17H30BrN3. The molecule has 1 saturated heterocycles. The van der Waals surface area contributed by atoms with Crippen molar-refractivity contribution in [1.82, 2.24) is 15.2 Å². The summed E-state index contributed by atoms with van der Waals surface area (Å²) in [5.74, 6) is 0. The van der Waals surface area contributed by atoms with Crippen LogP contribution in [0.1, 0.15) is 47.0 Å². The fraction of sp³-hybridized carbons (Fsp3) is 0.706. The number of hydrogen-bond acceptors (Lipinski definition) is 3. The molecular weight excluding hydrogens is 326 g/mol. The molecule has 4 heteroatoms. The van der Waals surface area contributed by atoms with Crippen LogP contribution >= 0.6 is 15.9 Å². The number of aromatic nitrogens is 1. The number of nitrogens with zero attached hydrogens (tertiary/aromatic N) is 2. The fourth-order valence-electron chi connectivity index (χ4n) is 2.17. The molecule has 1 aromatic rings. The van der Waals surface area contributed by atoms with E-state index in [-0.39, 0.29) is 0 Å². The van der Waals surface area contributed by atoms with Crippen molar-refractivity contribution in [3.05, 3.63) is 29.0 Å². The van der Waals surface area contributed by atoms with Gasteiger partial charge in [-0.1, -0.05) is 35.7 Å². The molecule has 3 nitrogen and oxygen atoms in total. The topological polar surface area (TPSA) is 28.2 Å². The Bertz CT molecular complexity index is 369. The Hall–Kier alpha value is -0.450. The third-order valence-electron chi connectivity index (χ3n) is 3.68. The second-order valence-electron chi connectivity index (χ2n) is 6.60. The van der Waals surface area contributed by atoms with Crippen LogP contribution in [-0.2, 0) is 0 Å². The summed E-state index contributed by atoms with van der Waals surface area (Å²) in [4.78, 5) is 6.35. The third kappa shape index (κ3) is 7.93. The number of unbranched alkanes of at least 4 members (excludes halogenated alkanes) is 2. The van der Waals surface area contributed by atoms with Gasteiger partial charge in [-0.15, -0.1) is 0 Å². The molecule has 0 unspecified atom stereocenters. The van der Waals surface area contributed by atoms with Gasteiger partial charge < -0.3 is 5.32 Å². The highest BCUT2D eigenvalue weighted by Crippen LogP contribution is 2.20. The fourth-order valence-corrected chi connectivity index (χ4v) is 2.41. The van der Waals surface area contributed by atoms with Gasteiger partial charge in [-0.2, -0.15) is 0 Å². The van der Waals surface area contributed by atoms with Gasteiger partial charge in [-0.3, -0.25) is 9.88 Å².